The van der Waals surface area contributed by atoms with Gasteiger partial charge in [-0.15, -0.1) is 0 Å². The molecular formula is C40H45N3O7. The Morgan fingerprint density at radius 1 is 0.880 bits per heavy atom. The lowest BCUT2D eigenvalue weighted by molar-refractivity contribution is -0.252. The van der Waals surface area contributed by atoms with Crippen LogP contribution in [-0.4, -0.2) is 72.1 Å². The number of hydrogen-bond donors (Lipinski definition) is 4. The molecular weight excluding hydrogens is 634 g/mol. The smallest absolute Gasteiger partial charge is 0.328 e. The van der Waals surface area contributed by atoms with E-state index in [0.29, 0.717) is 25.9 Å². The molecule has 4 aromatic rings. The van der Waals surface area contributed by atoms with Crippen LogP contribution in [0, 0.1) is 0 Å². The van der Waals surface area contributed by atoms with Gasteiger partial charge in [-0.05, 0) is 51.9 Å². The summed E-state index contributed by atoms with van der Waals surface area (Å²) in [6.07, 6.45) is 0.558. The molecule has 5 unspecified atom stereocenters. The molecule has 0 radical (unpaired) electrons. The van der Waals surface area contributed by atoms with Crippen LogP contribution in [0.15, 0.2) is 103 Å². The van der Waals surface area contributed by atoms with Gasteiger partial charge in [-0.2, -0.15) is 0 Å². The number of methoxy groups -OCH3 is 1. The van der Waals surface area contributed by atoms with E-state index in [4.69, 9.17) is 14.2 Å². The van der Waals surface area contributed by atoms with E-state index < -0.39 is 24.3 Å². The fraction of sp³-hybridized carbons (Fsp3) is 0.350. The molecule has 2 aliphatic rings. The summed E-state index contributed by atoms with van der Waals surface area (Å²) in [6, 6.07) is 32.1. The number of urea groups is 1. The van der Waals surface area contributed by atoms with Gasteiger partial charge in [0.05, 0.1) is 32.0 Å². The van der Waals surface area contributed by atoms with E-state index in [1.165, 1.54) is 7.11 Å². The molecule has 2 aliphatic heterocycles. The molecule has 2 fully saturated rings. The van der Waals surface area contributed by atoms with Crippen molar-refractivity contribution in [1.29, 1.82) is 0 Å². The van der Waals surface area contributed by atoms with Crippen molar-refractivity contribution in [3.05, 3.63) is 131 Å². The number of aliphatic hydroxyl groups excluding tert-OH is 2. The molecule has 6 rings (SSSR count). The lowest BCUT2D eigenvalue weighted by Crippen LogP contribution is -2.47. The number of aliphatic hydroxyl groups is 2. The van der Waals surface area contributed by atoms with Gasteiger partial charge in [-0.25, -0.2) is 9.59 Å². The molecule has 0 aliphatic carbocycles. The van der Waals surface area contributed by atoms with Crippen molar-refractivity contribution in [1.82, 2.24) is 15.5 Å². The summed E-state index contributed by atoms with van der Waals surface area (Å²) in [7, 11) is 1.31. The highest BCUT2D eigenvalue weighted by Gasteiger charge is 2.34. The van der Waals surface area contributed by atoms with Crippen molar-refractivity contribution < 1.29 is 34.0 Å². The molecule has 2 amide bonds. The number of nitrogens with one attached hydrogen (secondary N) is 2. The number of amides is 2. The molecule has 4 aromatic carbocycles. The maximum absolute atomic E-state index is 12.8. The van der Waals surface area contributed by atoms with Gasteiger partial charge in [-0.3, -0.25) is 4.90 Å². The highest BCUT2D eigenvalue weighted by molar-refractivity contribution is 5.83. The minimum absolute atomic E-state index is 0.0146. The molecule has 10 heteroatoms. The van der Waals surface area contributed by atoms with Crippen molar-refractivity contribution in [3.8, 4) is 11.1 Å². The predicted octanol–water partition coefficient (Wildman–Crippen LogP) is 5.04. The molecule has 0 saturated carbocycles. The molecule has 0 aromatic heterocycles. The third-order valence-corrected chi connectivity index (χ3v) is 9.27. The second-order valence-corrected chi connectivity index (χ2v) is 13.0. The topological polar surface area (TPSA) is 130 Å². The summed E-state index contributed by atoms with van der Waals surface area (Å²) >= 11 is 0. The van der Waals surface area contributed by atoms with Crippen LogP contribution in [0.4, 0.5) is 4.79 Å². The number of benzene rings is 4. The Hall–Kier alpha value is -4.58. The quantitative estimate of drug-likeness (QED) is 0.153. The van der Waals surface area contributed by atoms with Gasteiger partial charge in [-0.1, -0.05) is 91.0 Å². The van der Waals surface area contributed by atoms with E-state index in [2.05, 4.69) is 21.6 Å². The Morgan fingerprint density at radius 2 is 1.62 bits per heavy atom. The van der Waals surface area contributed by atoms with E-state index >= 15 is 0 Å². The first-order valence-corrected chi connectivity index (χ1v) is 17.1. The Labute approximate surface area is 293 Å². The Morgan fingerprint density at radius 3 is 2.34 bits per heavy atom. The molecule has 4 N–H and O–H groups in total. The molecule has 5 atom stereocenters. The van der Waals surface area contributed by atoms with Gasteiger partial charge in [0, 0.05) is 44.6 Å². The fourth-order valence-corrected chi connectivity index (χ4v) is 6.60. The van der Waals surface area contributed by atoms with Crippen LogP contribution in [0.1, 0.15) is 53.1 Å². The number of hydrogen-bond acceptors (Lipinski definition) is 8. The zero-order valence-corrected chi connectivity index (χ0v) is 28.2. The number of nitrogens with zero attached hydrogens (tertiary/aromatic N) is 1. The zero-order valence-electron chi connectivity index (χ0n) is 28.2. The number of esters is 1. The summed E-state index contributed by atoms with van der Waals surface area (Å²) in [5.74, 6) is -0.510. The van der Waals surface area contributed by atoms with E-state index in [1.54, 1.807) is 0 Å². The second kappa shape index (κ2) is 16.9. The monoisotopic (exact) mass is 679 g/mol. The maximum Gasteiger partial charge on any atom is 0.328 e. The van der Waals surface area contributed by atoms with Gasteiger partial charge in [0.25, 0.3) is 0 Å². The molecule has 10 nitrogen and oxygen atoms in total. The molecule has 0 bridgehead atoms. The third kappa shape index (κ3) is 9.35. The first-order chi connectivity index (χ1) is 24.4. The van der Waals surface area contributed by atoms with Crippen LogP contribution >= 0.6 is 0 Å². The largest absolute Gasteiger partial charge is 0.467 e. The Bertz CT molecular complexity index is 1720. The number of likely N-dealkylation sites (tertiary alicyclic amines) is 1. The average Bonchev–Trinajstić information content (AvgIpc) is 3.57. The normalized spacial score (nSPS) is 21.3. The van der Waals surface area contributed by atoms with Crippen LogP contribution in [0.3, 0.4) is 0 Å². The van der Waals surface area contributed by atoms with E-state index in [0.717, 1.165) is 51.9 Å². The molecule has 50 heavy (non-hydrogen) atoms. The third-order valence-electron chi connectivity index (χ3n) is 9.27. The summed E-state index contributed by atoms with van der Waals surface area (Å²) in [6.45, 7) is 2.43. The van der Waals surface area contributed by atoms with Crippen LogP contribution < -0.4 is 10.6 Å². The number of carbonyl (C=O) groups is 2. The van der Waals surface area contributed by atoms with Gasteiger partial charge in [0.2, 0.25) is 0 Å². The van der Waals surface area contributed by atoms with Crippen molar-refractivity contribution in [2.45, 2.75) is 63.1 Å². The molecule has 0 spiro atoms. The Kier molecular flexibility index (Phi) is 11.9. The van der Waals surface area contributed by atoms with E-state index in [1.807, 2.05) is 97.1 Å². The van der Waals surface area contributed by atoms with Gasteiger partial charge >= 0.3 is 12.0 Å². The first-order valence-electron chi connectivity index (χ1n) is 17.1. The zero-order chi connectivity index (χ0) is 34.9. The number of β-amino-alcohol motifs (C(OH)–C–C–N with tert-alkyl or cyclic N) is 1. The minimum atomic E-state index is -0.818. The lowest BCUT2D eigenvalue weighted by Gasteiger charge is -2.38. The van der Waals surface area contributed by atoms with Gasteiger partial charge in [0.1, 0.15) is 6.04 Å². The van der Waals surface area contributed by atoms with Crippen LogP contribution in [-0.2, 0) is 38.6 Å². The van der Waals surface area contributed by atoms with Crippen molar-refractivity contribution in [2.75, 3.05) is 26.7 Å². The number of carbonyl (C=O) groups excluding carboxylic acids is 2. The Balaban J connectivity index is 1.13. The van der Waals surface area contributed by atoms with Crippen LogP contribution in [0.25, 0.3) is 11.1 Å². The van der Waals surface area contributed by atoms with Gasteiger partial charge in [0.15, 0.2) is 6.29 Å². The second-order valence-electron chi connectivity index (χ2n) is 13.0. The van der Waals surface area contributed by atoms with E-state index in [-0.39, 0.29) is 31.5 Å². The highest BCUT2D eigenvalue weighted by Crippen LogP contribution is 2.39. The summed E-state index contributed by atoms with van der Waals surface area (Å²) in [5.41, 5.74) is 6.52. The summed E-state index contributed by atoms with van der Waals surface area (Å²) in [4.78, 5) is 27.5. The molecule has 262 valence electrons. The minimum Gasteiger partial charge on any atom is -0.467 e. The number of rotatable bonds is 12. The van der Waals surface area contributed by atoms with Crippen molar-refractivity contribution in [3.63, 3.8) is 0 Å². The van der Waals surface area contributed by atoms with Crippen LogP contribution in [0.2, 0.25) is 0 Å². The van der Waals surface area contributed by atoms with Crippen molar-refractivity contribution in [2.24, 2.45) is 0 Å². The molecule has 2 saturated heterocycles. The maximum atomic E-state index is 12.8. The predicted molar refractivity (Wildman–Crippen MR) is 189 cm³/mol. The van der Waals surface area contributed by atoms with Crippen LogP contribution in [0.5, 0.6) is 0 Å². The summed E-state index contributed by atoms with van der Waals surface area (Å²) < 4.78 is 18.1. The SMILES string of the molecule is COC(=O)C(Cc1ccccc1)NC(=O)NCc1cccc(-c2cccc(C3OC(CN4CCC(O)C4)CC(c4ccc(CO)cc4)O3)c2)c1. The first kappa shape index (κ1) is 35.3. The average molecular weight is 680 g/mol. The lowest BCUT2D eigenvalue weighted by atomic mass is 9.98. The van der Waals surface area contributed by atoms with E-state index in [9.17, 15) is 19.8 Å². The number of ether oxygens (including phenoxy) is 3. The molecule has 2 heterocycles. The van der Waals surface area contributed by atoms with Gasteiger partial charge < -0.3 is 35.1 Å². The fourth-order valence-electron chi connectivity index (χ4n) is 6.60. The highest BCUT2D eigenvalue weighted by atomic mass is 16.7. The standard InChI is InChI=1S/C40H45N3O7/c1-48-38(46)36(20-27-7-3-2-4-8-27)42-40(47)41-23-29-9-5-10-31(19-29)32-11-6-12-33(21-32)39-49-35(25-43-18-17-34(45)24-43)22-37(50-39)30-15-13-28(26-44)14-16-30/h2-16,19,21,34-37,39,44-45H,17-18,20,22-26H2,1H3,(H2,41,42,47). The van der Waals surface area contributed by atoms with Crippen molar-refractivity contribution >= 4 is 12.0 Å². The summed E-state index contributed by atoms with van der Waals surface area (Å²) in [5, 5.41) is 25.3.